The first-order valence-electron chi connectivity index (χ1n) is 7.16. The zero-order valence-electron chi connectivity index (χ0n) is 12.1. The second-order valence-corrected chi connectivity index (χ2v) is 6.03. The first-order valence-corrected chi connectivity index (χ1v) is 8.04. The van der Waals surface area contributed by atoms with Gasteiger partial charge in [-0.3, -0.25) is 0 Å². The number of nitrogens with one attached hydrogen (secondary N) is 2. The van der Waals surface area contributed by atoms with Gasteiger partial charge >= 0.3 is 0 Å². The van der Waals surface area contributed by atoms with Crippen molar-refractivity contribution in [2.45, 2.75) is 6.54 Å². The second kappa shape index (κ2) is 5.81. The van der Waals surface area contributed by atoms with E-state index in [2.05, 4.69) is 20.3 Å². The lowest BCUT2D eigenvalue weighted by atomic mass is 10.2. The molecule has 0 spiro atoms. The molecule has 6 heteroatoms. The molecule has 23 heavy (non-hydrogen) atoms. The summed E-state index contributed by atoms with van der Waals surface area (Å²) in [5.41, 5.74) is 3.76. The van der Waals surface area contributed by atoms with Crippen LogP contribution >= 0.6 is 11.3 Å². The Labute approximate surface area is 136 Å². The van der Waals surface area contributed by atoms with E-state index >= 15 is 0 Å². The van der Waals surface area contributed by atoms with Crippen LogP contribution in [0.5, 0.6) is 0 Å². The van der Waals surface area contributed by atoms with Gasteiger partial charge in [0.05, 0.1) is 11.0 Å². The van der Waals surface area contributed by atoms with Crippen LogP contribution in [-0.4, -0.2) is 15.0 Å². The number of benzene rings is 2. The fraction of sp³-hybridized carbons (Fsp3) is 0.0588. The fourth-order valence-corrected chi connectivity index (χ4v) is 3.06. The molecule has 2 aromatic carbocycles. The lowest BCUT2D eigenvalue weighted by Gasteiger charge is -2.02. The van der Waals surface area contributed by atoms with Crippen LogP contribution in [0.4, 0.5) is 10.3 Å². The van der Waals surface area contributed by atoms with Crippen molar-refractivity contribution in [3.8, 4) is 10.6 Å². The van der Waals surface area contributed by atoms with Gasteiger partial charge in [-0.2, -0.15) is 0 Å². The standard InChI is InChI=1S/C17H13FN4S/c18-13-3-1-2-11(8-13)10-20-17-21-14-5-4-12(9-15(14)22-17)16-19-6-7-23-16/h1-9H,10H2,(H2,20,21,22). The molecular weight excluding hydrogens is 311 g/mol. The highest BCUT2D eigenvalue weighted by molar-refractivity contribution is 7.13. The Balaban J connectivity index is 1.57. The number of aromatic amines is 1. The van der Waals surface area contributed by atoms with Crippen molar-refractivity contribution in [3.63, 3.8) is 0 Å². The average Bonchev–Trinajstić information content (AvgIpc) is 3.21. The Morgan fingerprint density at radius 1 is 1.17 bits per heavy atom. The van der Waals surface area contributed by atoms with E-state index in [-0.39, 0.29) is 5.82 Å². The van der Waals surface area contributed by atoms with Gasteiger partial charge in [0.15, 0.2) is 0 Å². The van der Waals surface area contributed by atoms with Gasteiger partial charge in [0.2, 0.25) is 5.95 Å². The van der Waals surface area contributed by atoms with Crippen molar-refractivity contribution in [1.29, 1.82) is 0 Å². The molecule has 0 radical (unpaired) electrons. The molecule has 2 aromatic heterocycles. The molecule has 2 heterocycles. The number of thiazole rings is 1. The highest BCUT2D eigenvalue weighted by atomic mass is 32.1. The van der Waals surface area contributed by atoms with E-state index in [9.17, 15) is 4.39 Å². The van der Waals surface area contributed by atoms with E-state index in [1.165, 1.54) is 12.1 Å². The van der Waals surface area contributed by atoms with Crippen molar-refractivity contribution in [2.24, 2.45) is 0 Å². The molecule has 0 fully saturated rings. The number of anilines is 1. The number of H-pyrrole nitrogens is 1. The maximum Gasteiger partial charge on any atom is 0.201 e. The third-order valence-corrected chi connectivity index (χ3v) is 4.33. The summed E-state index contributed by atoms with van der Waals surface area (Å²) in [5.74, 6) is 0.433. The van der Waals surface area contributed by atoms with Crippen molar-refractivity contribution in [3.05, 3.63) is 65.4 Å². The molecule has 0 aliphatic heterocycles. The minimum Gasteiger partial charge on any atom is -0.352 e. The Hall–Kier alpha value is -2.73. The summed E-state index contributed by atoms with van der Waals surface area (Å²) in [6.45, 7) is 0.511. The zero-order valence-corrected chi connectivity index (χ0v) is 12.9. The summed E-state index contributed by atoms with van der Waals surface area (Å²) >= 11 is 1.60. The maximum atomic E-state index is 13.2. The molecule has 0 saturated carbocycles. The molecule has 0 bridgehead atoms. The minimum atomic E-state index is -0.234. The SMILES string of the molecule is Fc1cccc(CNc2nc3ccc(-c4nccs4)cc3[nH]2)c1. The third kappa shape index (κ3) is 2.93. The zero-order chi connectivity index (χ0) is 15.6. The predicted molar refractivity (Wildman–Crippen MR) is 90.9 cm³/mol. The molecule has 0 saturated heterocycles. The second-order valence-electron chi connectivity index (χ2n) is 5.14. The normalized spacial score (nSPS) is 11.0. The average molecular weight is 324 g/mol. The summed E-state index contributed by atoms with van der Waals surface area (Å²) in [4.78, 5) is 12.1. The molecule has 0 aliphatic rings. The van der Waals surface area contributed by atoms with Crippen molar-refractivity contribution in [1.82, 2.24) is 15.0 Å². The molecule has 0 amide bonds. The number of nitrogens with zero attached hydrogens (tertiary/aromatic N) is 2. The van der Waals surface area contributed by atoms with Gasteiger partial charge in [-0.05, 0) is 35.9 Å². The summed E-state index contributed by atoms with van der Waals surface area (Å²) < 4.78 is 13.2. The predicted octanol–water partition coefficient (Wildman–Crippen LogP) is 4.44. The minimum absolute atomic E-state index is 0.234. The Morgan fingerprint density at radius 2 is 2.13 bits per heavy atom. The monoisotopic (exact) mass is 324 g/mol. The molecule has 0 aliphatic carbocycles. The number of imidazole rings is 1. The number of hydrogen-bond acceptors (Lipinski definition) is 4. The number of rotatable bonds is 4. The first kappa shape index (κ1) is 13.9. The first-order chi connectivity index (χ1) is 11.3. The van der Waals surface area contributed by atoms with Crippen LogP contribution in [-0.2, 0) is 6.54 Å². The smallest absolute Gasteiger partial charge is 0.201 e. The van der Waals surface area contributed by atoms with Crippen LogP contribution in [0, 0.1) is 5.82 Å². The van der Waals surface area contributed by atoms with Crippen molar-refractivity contribution in [2.75, 3.05) is 5.32 Å². The van der Waals surface area contributed by atoms with Crippen molar-refractivity contribution < 1.29 is 4.39 Å². The molecule has 4 nitrogen and oxygen atoms in total. The summed E-state index contributed by atoms with van der Waals surface area (Å²) in [7, 11) is 0. The molecule has 4 rings (SSSR count). The van der Waals surface area contributed by atoms with E-state index in [0.29, 0.717) is 12.5 Å². The van der Waals surface area contributed by atoms with Gasteiger partial charge in [0.1, 0.15) is 10.8 Å². The topological polar surface area (TPSA) is 53.6 Å². The van der Waals surface area contributed by atoms with E-state index in [0.717, 1.165) is 27.2 Å². The van der Waals surface area contributed by atoms with Gasteiger partial charge in [0.25, 0.3) is 0 Å². The number of aromatic nitrogens is 3. The van der Waals surface area contributed by atoms with Crippen LogP contribution in [0.3, 0.4) is 0 Å². The van der Waals surface area contributed by atoms with Crippen molar-refractivity contribution >= 4 is 28.3 Å². The van der Waals surface area contributed by atoms with Gasteiger partial charge in [0, 0.05) is 23.7 Å². The van der Waals surface area contributed by atoms with E-state index in [4.69, 9.17) is 0 Å². The van der Waals surface area contributed by atoms with Crippen LogP contribution in [0.2, 0.25) is 0 Å². The van der Waals surface area contributed by atoms with E-state index in [1.54, 1.807) is 23.6 Å². The molecule has 0 atom stereocenters. The molecule has 0 unspecified atom stereocenters. The van der Waals surface area contributed by atoms with Crippen LogP contribution in [0.15, 0.2) is 54.0 Å². The van der Waals surface area contributed by atoms with Gasteiger partial charge < -0.3 is 10.3 Å². The molecular formula is C17H13FN4S. The molecule has 114 valence electrons. The Bertz CT molecular complexity index is 946. The van der Waals surface area contributed by atoms with E-state index in [1.807, 2.05) is 29.6 Å². The van der Waals surface area contributed by atoms with Crippen LogP contribution in [0.25, 0.3) is 21.6 Å². The third-order valence-electron chi connectivity index (χ3n) is 3.51. The van der Waals surface area contributed by atoms with Gasteiger partial charge in [-0.1, -0.05) is 12.1 Å². The number of hydrogen-bond donors (Lipinski definition) is 2. The van der Waals surface area contributed by atoms with Gasteiger partial charge in [-0.25, -0.2) is 14.4 Å². The lowest BCUT2D eigenvalue weighted by molar-refractivity contribution is 0.626. The Morgan fingerprint density at radius 3 is 2.96 bits per heavy atom. The number of fused-ring (bicyclic) bond motifs is 1. The van der Waals surface area contributed by atoms with Gasteiger partial charge in [-0.15, -0.1) is 11.3 Å². The molecule has 4 aromatic rings. The number of halogens is 1. The highest BCUT2D eigenvalue weighted by Crippen LogP contribution is 2.25. The highest BCUT2D eigenvalue weighted by Gasteiger charge is 2.06. The fourth-order valence-electron chi connectivity index (χ4n) is 2.43. The molecule has 2 N–H and O–H groups in total. The van der Waals surface area contributed by atoms with Crippen LogP contribution < -0.4 is 5.32 Å². The maximum absolute atomic E-state index is 13.2. The summed E-state index contributed by atoms with van der Waals surface area (Å²) in [5, 5.41) is 6.12. The summed E-state index contributed by atoms with van der Waals surface area (Å²) in [6, 6.07) is 12.5. The Kier molecular flexibility index (Phi) is 3.51. The van der Waals surface area contributed by atoms with E-state index < -0.39 is 0 Å². The lowest BCUT2D eigenvalue weighted by Crippen LogP contribution is -2.00. The largest absolute Gasteiger partial charge is 0.352 e. The summed E-state index contributed by atoms with van der Waals surface area (Å²) in [6.07, 6.45) is 1.79. The quantitative estimate of drug-likeness (QED) is 0.583. The van der Waals surface area contributed by atoms with Crippen LogP contribution in [0.1, 0.15) is 5.56 Å².